The van der Waals surface area contributed by atoms with E-state index in [1.165, 1.54) is 11.1 Å². The lowest BCUT2D eigenvalue weighted by Gasteiger charge is -2.04. The van der Waals surface area contributed by atoms with Gasteiger partial charge in [0, 0.05) is 12.0 Å². The van der Waals surface area contributed by atoms with Crippen LogP contribution in [0.4, 0.5) is 0 Å². The molecule has 0 fully saturated rings. The van der Waals surface area contributed by atoms with Gasteiger partial charge in [0.15, 0.2) is 0 Å². The largest absolute Gasteiger partial charge is 0.508 e. The molecule has 0 atom stereocenters. The summed E-state index contributed by atoms with van der Waals surface area (Å²) in [4.78, 5) is 0. The lowest BCUT2D eigenvalue weighted by atomic mass is 10.1. The van der Waals surface area contributed by atoms with Crippen LogP contribution in [0.1, 0.15) is 11.1 Å². The molecule has 3 nitrogen and oxygen atoms in total. The minimum atomic E-state index is 0.321. The lowest BCUT2D eigenvalue weighted by Crippen LogP contribution is -2.83. The number of phenols is 1. The van der Waals surface area contributed by atoms with Crippen LogP contribution in [0.3, 0.4) is 0 Å². The molecule has 0 aliphatic heterocycles. The van der Waals surface area contributed by atoms with Gasteiger partial charge in [0.25, 0.3) is 0 Å². The maximum absolute atomic E-state index is 9.20. The monoisotopic (exact) mass is 258 g/mol. The molecule has 100 valence electrons. The summed E-state index contributed by atoms with van der Waals surface area (Å²) in [6, 6.07) is 15.6. The van der Waals surface area contributed by atoms with E-state index in [0.717, 1.165) is 25.3 Å². The normalized spacial score (nSPS) is 10.4. The molecule has 2 rings (SSSR count). The van der Waals surface area contributed by atoms with E-state index in [-0.39, 0.29) is 0 Å². The maximum Gasteiger partial charge on any atom is 0.118 e. The first-order valence-electron chi connectivity index (χ1n) is 6.50. The van der Waals surface area contributed by atoms with Crippen LogP contribution in [-0.2, 0) is 13.0 Å². The van der Waals surface area contributed by atoms with Gasteiger partial charge in [0.1, 0.15) is 18.0 Å². The molecule has 0 heterocycles. The van der Waals surface area contributed by atoms with Crippen LogP contribution >= 0.6 is 0 Å². The molecule has 0 saturated carbocycles. The third-order valence-electron chi connectivity index (χ3n) is 3.11. The molecule has 0 unspecified atom stereocenters. The fourth-order valence-electron chi connectivity index (χ4n) is 1.96. The van der Waals surface area contributed by atoms with E-state index in [4.69, 9.17) is 4.74 Å². The predicted octanol–water partition coefficient (Wildman–Crippen LogP) is 1.71. The van der Waals surface area contributed by atoms with Crippen molar-refractivity contribution in [2.75, 3.05) is 13.7 Å². The van der Waals surface area contributed by atoms with Crippen molar-refractivity contribution in [1.29, 1.82) is 0 Å². The highest BCUT2D eigenvalue weighted by Gasteiger charge is 1.98. The van der Waals surface area contributed by atoms with Gasteiger partial charge in [-0.25, -0.2) is 0 Å². The van der Waals surface area contributed by atoms with Crippen LogP contribution in [-0.4, -0.2) is 18.8 Å². The Bertz CT molecular complexity index is 491. The van der Waals surface area contributed by atoms with Gasteiger partial charge in [0.05, 0.1) is 13.7 Å². The first-order chi connectivity index (χ1) is 9.28. The van der Waals surface area contributed by atoms with Crippen LogP contribution in [0.5, 0.6) is 11.5 Å². The first kappa shape index (κ1) is 13.4. The summed E-state index contributed by atoms with van der Waals surface area (Å²) in [5.74, 6) is 1.22. The van der Waals surface area contributed by atoms with Crippen LogP contribution in [0, 0.1) is 0 Å². The van der Waals surface area contributed by atoms with Crippen LogP contribution in [0.25, 0.3) is 0 Å². The van der Waals surface area contributed by atoms with Crippen molar-refractivity contribution in [3.8, 4) is 11.5 Å². The molecule has 3 heteroatoms. The Morgan fingerprint density at radius 1 is 0.947 bits per heavy atom. The molecule has 0 aliphatic carbocycles. The van der Waals surface area contributed by atoms with Gasteiger partial charge in [-0.3, -0.25) is 0 Å². The molecule has 0 saturated heterocycles. The van der Waals surface area contributed by atoms with E-state index in [1.54, 1.807) is 19.2 Å². The second kappa shape index (κ2) is 6.81. The second-order valence-corrected chi connectivity index (χ2v) is 4.55. The zero-order chi connectivity index (χ0) is 13.5. The predicted molar refractivity (Wildman–Crippen MR) is 75.3 cm³/mol. The van der Waals surface area contributed by atoms with Gasteiger partial charge in [-0.1, -0.05) is 12.1 Å². The zero-order valence-corrected chi connectivity index (χ0v) is 11.2. The Balaban J connectivity index is 1.72. The van der Waals surface area contributed by atoms with Gasteiger partial charge in [-0.05, 0) is 42.0 Å². The number of nitrogens with two attached hydrogens (primary N) is 1. The van der Waals surface area contributed by atoms with Gasteiger partial charge in [-0.2, -0.15) is 0 Å². The smallest absolute Gasteiger partial charge is 0.118 e. The maximum atomic E-state index is 9.20. The van der Waals surface area contributed by atoms with Gasteiger partial charge in [0.2, 0.25) is 0 Å². The number of benzene rings is 2. The average Bonchev–Trinajstić information content (AvgIpc) is 2.46. The van der Waals surface area contributed by atoms with Crippen molar-refractivity contribution in [1.82, 2.24) is 0 Å². The number of methoxy groups -OCH3 is 1. The summed E-state index contributed by atoms with van der Waals surface area (Å²) in [6.07, 6.45) is 1.04. The topological polar surface area (TPSA) is 46.1 Å². The van der Waals surface area contributed by atoms with Crippen molar-refractivity contribution >= 4 is 0 Å². The highest BCUT2D eigenvalue weighted by atomic mass is 16.5. The van der Waals surface area contributed by atoms with Gasteiger partial charge >= 0.3 is 0 Å². The number of hydrogen-bond donors (Lipinski definition) is 2. The number of aromatic hydroxyl groups is 1. The van der Waals surface area contributed by atoms with E-state index < -0.39 is 0 Å². The number of quaternary nitrogens is 1. The molecule has 3 N–H and O–H groups in total. The van der Waals surface area contributed by atoms with Crippen molar-refractivity contribution in [3.63, 3.8) is 0 Å². The molecule has 0 spiro atoms. The molecule has 0 amide bonds. The average molecular weight is 258 g/mol. The summed E-state index contributed by atoms with van der Waals surface area (Å²) in [5, 5.41) is 11.5. The number of hydrogen-bond acceptors (Lipinski definition) is 2. The van der Waals surface area contributed by atoms with Crippen molar-refractivity contribution < 1.29 is 15.2 Å². The fourth-order valence-corrected chi connectivity index (χ4v) is 1.96. The Labute approximate surface area is 113 Å². The summed E-state index contributed by atoms with van der Waals surface area (Å²) in [7, 11) is 1.68. The first-order valence-corrected chi connectivity index (χ1v) is 6.50. The van der Waals surface area contributed by atoms with E-state index in [9.17, 15) is 5.11 Å². The number of phenolic OH excluding ortho intramolecular Hbond substituents is 1. The fraction of sp³-hybridized carbons (Fsp3) is 0.250. The molecule has 0 bridgehead atoms. The zero-order valence-electron chi connectivity index (χ0n) is 11.2. The molecule has 2 aromatic rings. The SMILES string of the molecule is COc1ccc(CC[NH2+]Cc2ccc(O)cc2)cc1. The Morgan fingerprint density at radius 2 is 1.58 bits per heavy atom. The molecule has 0 radical (unpaired) electrons. The molecule has 0 aliphatic rings. The van der Waals surface area contributed by atoms with Crippen LogP contribution in [0.2, 0.25) is 0 Å². The molecular formula is C16H20NO2+. The Kier molecular flexibility index (Phi) is 4.81. The minimum Gasteiger partial charge on any atom is -0.508 e. The van der Waals surface area contributed by atoms with E-state index in [0.29, 0.717) is 5.75 Å². The third-order valence-corrected chi connectivity index (χ3v) is 3.11. The highest BCUT2D eigenvalue weighted by Crippen LogP contribution is 2.11. The van der Waals surface area contributed by atoms with Gasteiger partial charge in [-0.15, -0.1) is 0 Å². The molecule has 0 aromatic heterocycles. The van der Waals surface area contributed by atoms with Crippen LogP contribution in [0.15, 0.2) is 48.5 Å². The standard InChI is InChI=1S/C16H19NO2/c1-19-16-8-4-13(5-9-16)10-11-17-12-14-2-6-15(18)7-3-14/h2-9,17-18H,10-12H2,1H3/p+1. The highest BCUT2D eigenvalue weighted by molar-refractivity contribution is 5.27. The second-order valence-electron chi connectivity index (χ2n) is 4.55. The molecule has 2 aromatic carbocycles. The van der Waals surface area contributed by atoms with Gasteiger partial charge < -0.3 is 15.2 Å². The Hall–Kier alpha value is -2.00. The van der Waals surface area contributed by atoms with E-state index in [1.807, 2.05) is 24.3 Å². The van der Waals surface area contributed by atoms with E-state index >= 15 is 0 Å². The number of ether oxygens (including phenoxy) is 1. The van der Waals surface area contributed by atoms with Crippen molar-refractivity contribution in [3.05, 3.63) is 59.7 Å². The lowest BCUT2D eigenvalue weighted by molar-refractivity contribution is -0.670. The van der Waals surface area contributed by atoms with Crippen LogP contribution < -0.4 is 10.1 Å². The quantitative estimate of drug-likeness (QED) is 0.775. The van der Waals surface area contributed by atoms with Crippen molar-refractivity contribution in [2.45, 2.75) is 13.0 Å². The van der Waals surface area contributed by atoms with Crippen molar-refractivity contribution in [2.24, 2.45) is 0 Å². The minimum absolute atomic E-state index is 0.321. The Morgan fingerprint density at radius 3 is 2.21 bits per heavy atom. The molecular weight excluding hydrogens is 238 g/mol. The number of rotatable bonds is 6. The summed E-state index contributed by atoms with van der Waals surface area (Å²) in [6.45, 7) is 1.99. The summed E-state index contributed by atoms with van der Waals surface area (Å²) >= 11 is 0. The summed E-state index contributed by atoms with van der Waals surface area (Å²) < 4.78 is 5.13. The third kappa shape index (κ3) is 4.30. The molecule has 19 heavy (non-hydrogen) atoms. The van der Waals surface area contributed by atoms with E-state index in [2.05, 4.69) is 17.4 Å². The summed E-state index contributed by atoms with van der Waals surface area (Å²) in [5.41, 5.74) is 2.55.